The Hall–Kier alpha value is -2.13. The third kappa shape index (κ3) is 3.14. The van der Waals surface area contributed by atoms with Gasteiger partial charge in [-0.3, -0.25) is 9.69 Å². The van der Waals surface area contributed by atoms with Gasteiger partial charge in [-0.15, -0.1) is 5.10 Å². The third-order valence-electron chi connectivity index (χ3n) is 3.39. The van der Waals surface area contributed by atoms with Crippen LogP contribution in [0.25, 0.3) is 0 Å². The second-order valence-corrected chi connectivity index (χ2v) is 5.08. The predicted molar refractivity (Wildman–Crippen MR) is 72.4 cm³/mol. The maximum Gasteiger partial charge on any atom is 0.251 e. The number of H-pyrrole nitrogens is 1. The van der Waals surface area contributed by atoms with Crippen LogP contribution in [0.15, 0.2) is 10.9 Å². The number of rotatable bonds is 3. The van der Waals surface area contributed by atoms with Crippen molar-refractivity contribution >= 4 is 0 Å². The topological polar surface area (TPSA) is 102 Å². The smallest absolute Gasteiger partial charge is 0.251 e. The van der Waals surface area contributed by atoms with Gasteiger partial charge in [0.1, 0.15) is 11.9 Å². The quantitative estimate of drug-likeness (QED) is 0.788. The number of aromatic nitrogens is 6. The largest absolute Gasteiger partial charge is 0.367 e. The minimum absolute atomic E-state index is 0.125. The van der Waals surface area contributed by atoms with Crippen LogP contribution >= 0.6 is 0 Å². The summed E-state index contributed by atoms with van der Waals surface area (Å²) in [5, 5.41) is 11.4. The molecule has 3 rings (SSSR count). The molecule has 0 aliphatic carbocycles. The summed E-state index contributed by atoms with van der Waals surface area (Å²) in [6.07, 6.45) is -0.165. The standard InChI is InChI=1S/C12H17N7O2/c1-8-13-9(5-11(20)14-8)6-19-3-4-21-10(7-19)12-15-16-17-18(12)2/h5,10H,3-4,6-7H2,1-2H3,(H,13,14,20). The molecule has 1 atom stereocenters. The highest BCUT2D eigenvalue weighted by Crippen LogP contribution is 2.20. The molecule has 21 heavy (non-hydrogen) atoms. The molecule has 1 aliphatic rings. The number of tetrazole rings is 1. The average Bonchev–Trinajstić information content (AvgIpc) is 2.84. The summed E-state index contributed by atoms with van der Waals surface area (Å²) in [7, 11) is 1.79. The lowest BCUT2D eigenvalue weighted by atomic mass is 10.2. The monoisotopic (exact) mass is 291 g/mol. The van der Waals surface area contributed by atoms with Crippen LogP contribution in [-0.2, 0) is 18.3 Å². The number of hydrogen-bond donors (Lipinski definition) is 1. The first-order chi connectivity index (χ1) is 10.1. The van der Waals surface area contributed by atoms with Gasteiger partial charge in [0.15, 0.2) is 5.82 Å². The fraction of sp³-hybridized carbons (Fsp3) is 0.583. The number of nitrogens with one attached hydrogen (secondary N) is 1. The molecule has 112 valence electrons. The Balaban J connectivity index is 1.71. The van der Waals surface area contributed by atoms with E-state index in [1.54, 1.807) is 18.7 Å². The second kappa shape index (κ2) is 5.70. The highest BCUT2D eigenvalue weighted by atomic mass is 16.5. The summed E-state index contributed by atoms with van der Waals surface area (Å²) in [5.74, 6) is 1.33. The summed E-state index contributed by atoms with van der Waals surface area (Å²) < 4.78 is 7.34. The van der Waals surface area contributed by atoms with Crippen LogP contribution in [0.3, 0.4) is 0 Å². The first-order valence-corrected chi connectivity index (χ1v) is 6.75. The first kappa shape index (κ1) is 13.8. The predicted octanol–water partition coefficient (Wildman–Crippen LogP) is -0.825. The molecule has 0 radical (unpaired) electrons. The lowest BCUT2D eigenvalue weighted by Crippen LogP contribution is -2.39. The van der Waals surface area contributed by atoms with Gasteiger partial charge < -0.3 is 9.72 Å². The van der Waals surface area contributed by atoms with E-state index in [-0.39, 0.29) is 11.7 Å². The normalized spacial score (nSPS) is 19.8. The van der Waals surface area contributed by atoms with E-state index in [9.17, 15) is 4.79 Å². The summed E-state index contributed by atoms with van der Waals surface area (Å²) in [5.41, 5.74) is 0.632. The highest BCUT2D eigenvalue weighted by Gasteiger charge is 2.26. The molecular weight excluding hydrogens is 274 g/mol. The van der Waals surface area contributed by atoms with Crippen molar-refractivity contribution < 1.29 is 4.74 Å². The minimum Gasteiger partial charge on any atom is -0.367 e. The van der Waals surface area contributed by atoms with Crippen molar-refractivity contribution in [3.63, 3.8) is 0 Å². The number of morpholine rings is 1. The fourth-order valence-corrected chi connectivity index (χ4v) is 2.46. The molecule has 1 saturated heterocycles. The van der Waals surface area contributed by atoms with E-state index in [4.69, 9.17) is 4.74 Å². The van der Waals surface area contributed by atoms with Crippen molar-refractivity contribution in [1.82, 2.24) is 35.1 Å². The SMILES string of the molecule is Cc1nc(CN2CCOC(c3nnnn3C)C2)cc(=O)[nH]1. The molecule has 1 fully saturated rings. The van der Waals surface area contributed by atoms with Crippen molar-refractivity contribution in [2.45, 2.75) is 19.6 Å². The lowest BCUT2D eigenvalue weighted by Gasteiger charge is -2.31. The Bertz CT molecular complexity index is 680. The van der Waals surface area contributed by atoms with Gasteiger partial charge in [-0.1, -0.05) is 0 Å². The molecule has 0 amide bonds. The molecule has 3 heterocycles. The summed E-state index contributed by atoms with van der Waals surface area (Å²) >= 11 is 0. The summed E-state index contributed by atoms with van der Waals surface area (Å²) in [6, 6.07) is 1.53. The van der Waals surface area contributed by atoms with Crippen molar-refractivity contribution in [3.05, 3.63) is 33.8 Å². The van der Waals surface area contributed by atoms with Crippen LogP contribution in [-0.4, -0.2) is 54.8 Å². The molecule has 2 aromatic heterocycles. The zero-order chi connectivity index (χ0) is 14.8. The average molecular weight is 291 g/mol. The van der Waals surface area contributed by atoms with Crippen molar-refractivity contribution in [1.29, 1.82) is 0 Å². The van der Waals surface area contributed by atoms with Gasteiger partial charge in [0, 0.05) is 32.7 Å². The molecule has 0 aromatic carbocycles. The fourth-order valence-electron chi connectivity index (χ4n) is 2.46. The Morgan fingerprint density at radius 2 is 2.38 bits per heavy atom. The van der Waals surface area contributed by atoms with Crippen LogP contribution in [0, 0.1) is 6.92 Å². The molecule has 9 nitrogen and oxygen atoms in total. The molecule has 0 saturated carbocycles. The van der Waals surface area contributed by atoms with Crippen LogP contribution in [0.2, 0.25) is 0 Å². The number of nitrogens with zero attached hydrogens (tertiary/aromatic N) is 6. The number of ether oxygens (including phenoxy) is 1. The van der Waals surface area contributed by atoms with E-state index in [0.29, 0.717) is 31.3 Å². The zero-order valence-corrected chi connectivity index (χ0v) is 12.0. The van der Waals surface area contributed by atoms with E-state index in [2.05, 4.69) is 30.4 Å². The van der Waals surface area contributed by atoms with Gasteiger partial charge in [-0.05, 0) is 17.4 Å². The molecule has 1 unspecified atom stereocenters. The minimum atomic E-state index is -0.165. The van der Waals surface area contributed by atoms with E-state index < -0.39 is 0 Å². The van der Waals surface area contributed by atoms with E-state index >= 15 is 0 Å². The van der Waals surface area contributed by atoms with Gasteiger partial charge in [-0.2, -0.15) is 0 Å². The van der Waals surface area contributed by atoms with Crippen molar-refractivity contribution in [3.8, 4) is 0 Å². The van der Waals surface area contributed by atoms with Gasteiger partial charge in [-0.25, -0.2) is 9.67 Å². The lowest BCUT2D eigenvalue weighted by molar-refractivity contribution is -0.0392. The van der Waals surface area contributed by atoms with E-state index in [0.717, 1.165) is 12.2 Å². The van der Waals surface area contributed by atoms with E-state index in [1.807, 2.05) is 0 Å². The Labute approximate surface area is 120 Å². The number of hydrogen-bond acceptors (Lipinski definition) is 7. The van der Waals surface area contributed by atoms with Gasteiger partial charge in [0.2, 0.25) is 0 Å². The zero-order valence-electron chi connectivity index (χ0n) is 12.0. The molecule has 1 N–H and O–H groups in total. The van der Waals surface area contributed by atoms with Crippen LogP contribution in [0.5, 0.6) is 0 Å². The van der Waals surface area contributed by atoms with Crippen molar-refractivity contribution in [2.24, 2.45) is 7.05 Å². The molecule has 2 aromatic rings. The Morgan fingerprint density at radius 1 is 1.52 bits per heavy atom. The van der Waals surface area contributed by atoms with Crippen molar-refractivity contribution in [2.75, 3.05) is 19.7 Å². The molecule has 9 heteroatoms. The molecule has 0 spiro atoms. The van der Waals surface area contributed by atoms with Gasteiger partial charge in [0.05, 0.1) is 12.3 Å². The maximum absolute atomic E-state index is 11.5. The molecular formula is C12H17N7O2. The first-order valence-electron chi connectivity index (χ1n) is 6.75. The maximum atomic E-state index is 11.5. The number of aromatic amines is 1. The Morgan fingerprint density at radius 3 is 3.10 bits per heavy atom. The summed E-state index contributed by atoms with van der Waals surface area (Å²) in [6.45, 7) is 4.44. The van der Waals surface area contributed by atoms with E-state index in [1.165, 1.54) is 6.07 Å². The molecule has 0 bridgehead atoms. The summed E-state index contributed by atoms with van der Waals surface area (Å²) in [4.78, 5) is 20.7. The third-order valence-corrected chi connectivity index (χ3v) is 3.39. The highest BCUT2D eigenvalue weighted by molar-refractivity contribution is 5.02. The van der Waals surface area contributed by atoms with Gasteiger partial charge >= 0.3 is 0 Å². The Kier molecular flexibility index (Phi) is 3.76. The second-order valence-electron chi connectivity index (χ2n) is 5.08. The van der Waals surface area contributed by atoms with Gasteiger partial charge in [0.25, 0.3) is 5.56 Å². The number of aryl methyl sites for hydroxylation is 2. The molecule has 1 aliphatic heterocycles. The van der Waals surface area contributed by atoms with Crippen LogP contribution < -0.4 is 5.56 Å². The van der Waals surface area contributed by atoms with Crippen LogP contribution in [0.4, 0.5) is 0 Å². The van der Waals surface area contributed by atoms with Crippen LogP contribution in [0.1, 0.15) is 23.4 Å².